The van der Waals surface area contributed by atoms with E-state index in [0.29, 0.717) is 16.6 Å². The smallest absolute Gasteiger partial charge is 0.222 e. The molecule has 0 radical (unpaired) electrons. The Morgan fingerprint density at radius 1 is 1.32 bits per heavy atom. The van der Waals surface area contributed by atoms with Gasteiger partial charge in [-0.3, -0.25) is 4.90 Å². The largest absolute Gasteiger partial charge is 0.450 e. The number of nitrogens with zero attached hydrogens (tertiary/aromatic N) is 4. The lowest BCUT2D eigenvalue weighted by atomic mass is 10.2. The highest BCUT2D eigenvalue weighted by atomic mass is 35.5. The van der Waals surface area contributed by atoms with Gasteiger partial charge in [-0.2, -0.15) is 4.98 Å². The predicted molar refractivity (Wildman–Crippen MR) is 86.1 cm³/mol. The van der Waals surface area contributed by atoms with E-state index in [4.69, 9.17) is 21.8 Å². The van der Waals surface area contributed by atoms with Gasteiger partial charge in [0.1, 0.15) is 11.1 Å². The maximum atomic E-state index is 6.10. The normalized spacial score (nSPS) is 24.0. The number of furan rings is 1. The van der Waals surface area contributed by atoms with Gasteiger partial charge in [0, 0.05) is 29.5 Å². The highest BCUT2D eigenvalue weighted by molar-refractivity contribution is 6.31. The van der Waals surface area contributed by atoms with Gasteiger partial charge in [0.15, 0.2) is 11.4 Å². The quantitative estimate of drug-likeness (QED) is 0.744. The molecule has 4 heterocycles. The summed E-state index contributed by atoms with van der Waals surface area (Å²) in [6.45, 7) is 3.10. The van der Waals surface area contributed by atoms with E-state index in [1.807, 2.05) is 18.2 Å². The lowest BCUT2D eigenvalue weighted by molar-refractivity contribution is 0.369. The van der Waals surface area contributed by atoms with Crippen LogP contribution in [0, 0.1) is 0 Å². The van der Waals surface area contributed by atoms with Crippen molar-refractivity contribution in [3.05, 3.63) is 23.2 Å². The summed E-state index contributed by atoms with van der Waals surface area (Å²) in [6, 6.07) is 6.01. The summed E-state index contributed by atoms with van der Waals surface area (Å²) in [5, 5.41) is 1.53. The first-order chi connectivity index (χ1) is 10.7. The van der Waals surface area contributed by atoms with Crippen molar-refractivity contribution in [3.8, 4) is 0 Å². The Bertz CT molecular complexity index is 908. The Balaban J connectivity index is 1.79. The van der Waals surface area contributed by atoms with Gasteiger partial charge in [0.2, 0.25) is 5.95 Å². The van der Waals surface area contributed by atoms with Crippen molar-refractivity contribution in [1.29, 1.82) is 0 Å². The highest BCUT2D eigenvalue weighted by Gasteiger charge is 2.38. The SMILES string of the molecule is Nc1nc(N2CN3CC[C@@H]2C3)c2oc3ccc(Cl)cc3c2n1. The molecule has 2 aliphatic rings. The van der Waals surface area contributed by atoms with E-state index in [2.05, 4.69) is 19.8 Å². The van der Waals surface area contributed by atoms with E-state index in [0.717, 1.165) is 48.5 Å². The molecule has 22 heavy (non-hydrogen) atoms. The highest BCUT2D eigenvalue weighted by Crippen LogP contribution is 2.38. The third-order valence-electron chi connectivity index (χ3n) is 4.59. The number of anilines is 2. The summed E-state index contributed by atoms with van der Waals surface area (Å²) < 4.78 is 6.01. The molecule has 0 saturated carbocycles. The number of nitrogen functional groups attached to an aromatic ring is 1. The molecule has 2 atom stereocenters. The lowest BCUT2D eigenvalue weighted by Gasteiger charge is -2.27. The van der Waals surface area contributed by atoms with Gasteiger partial charge in [0.25, 0.3) is 0 Å². The Kier molecular flexibility index (Phi) is 2.41. The van der Waals surface area contributed by atoms with Crippen LogP contribution in [0.3, 0.4) is 0 Å². The summed E-state index contributed by atoms with van der Waals surface area (Å²) in [5.74, 6) is 1.06. The predicted octanol–water partition coefficient (Wildman–Crippen LogP) is 2.46. The molecule has 2 fully saturated rings. The molecule has 1 unspecified atom stereocenters. The van der Waals surface area contributed by atoms with Crippen LogP contribution in [0.4, 0.5) is 11.8 Å². The van der Waals surface area contributed by atoms with Gasteiger partial charge in [-0.05, 0) is 24.6 Å². The number of aromatic nitrogens is 2. The average Bonchev–Trinajstić information content (AvgIpc) is 3.20. The number of nitrogens with two attached hydrogens (primary N) is 1. The molecule has 2 bridgehead atoms. The second kappa shape index (κ2) is 4.24. The fourth-order valence-corrected chi connectivity index (χ4v) is 3.75. The van der Waals surface area contributed by atoms with Crippen molar-refractivity contribution in [2.45, 2.75) is 12.5 Å². The number of halogens is 1. The first kappa shape index (κ1) is 12.5. The minimum Gasteiger partial charge on any atom is -0.450 e. The second-order valence-electron chi connectivity index (χ2n) is 5.96. The number of benzene rings is 1. The molecule has 2 aromatic heterocycles. The van der Waals surface area contributed by atoms with Crippen LogP contribution < -0.4 is 10.6 Å². The fraction of sp³-hybridized carbons (Fsp3) is 0.333. The number of hydrogen-bond acceptors (Lipinski definition) is 6. The average molecular weight is 316 g/mol. The third-order valence-corrected chi connectivity index (χ3v) is 4.82. The van der Waals surface area contributed by atoms with Gasteiger partial charge in [-0.25, -0.2) is 4.98 Å². The van der Waals surface area contributed by atoms with Crippen molar-refractivity contribution >= 4 is 45.4 Å². The first-order valence-electron chi connectivity index (χ1n) is 7.33. The molecule has 2 saturated heterocycles. The molecular weight excluding hydrogens is 302 g/mol. The van der Waals surface area contributed by atoms with Gasteiger partial charge in [-0.15, -0.1) is 0 Å². The molecule has 1 aromatic carbocycles. The summed E-state index contributed by atoms with van der Waals surface area (Å²) >= 11 is 6.10. The van der Waals surface area contributed by atoms with E-state index in [1.165, 1.54) is 0 Å². The number of fused-ring (bicyclic) bond motifs is 5. The molecule has 0 aliphatic carbocycles. The molecule has 2 N–H and O–H groups in total. The Morgan fingerprint density at radius 3 is 3.00 bits per heavy atom. The van der Waals surface area contributed by atoms with E-state index < -0.39 is 0 Å². The zero-order chi connectivity index (χ0) is 14.8. The van der Waals surface area contributed by atoms with Crippen molar-refractivity contribution in [2.24, 2.45) is 0 Å². The first-order valence-corrected chi connectivity index (χ1v) is 7.71. The number of hydrogen-bond donors (Lipinski definition) is 1. The number of rotatable bonds is 1. The minimum atomic E-state index is 0.267. The van der Waals surface area contributed by atoms with Crippen LogP contribution in [0.5, 0.6) is 0 Å². The topological polar surface area (TPSA) is 71.4 Å². The Labute approximate surface area is 131 Å². The maximum Gasteiger partial charge on any atom is 0.222 e. The van der Waals surface area contributed by atoms with Crippen LogP contribution in [0.1, 0.15) is 6.42 Å². The molecule has 0 amide bonds. The van der Waals surface area contributed by atoms with Crippen LogP contribution in [-0.2, 0) is 0 Å². The zero-order valence-electron chi connectivity index (χ0n) is 11.8. The third kappa shape index (κ3) is 1.65. The van der Waals surface area contributed by atoms with Crippen molar-refractivity contribution < 1.29 is 4.42 Å². The van der Waals surface area contributed by atoms with E-state index >= 15 is 0 Å². The molecule has 7 heteroatoms. The molecule has 6 nitrogen and oxygen atoms in total. The van der Waals surface area contributed by atoms with Crippen LogP contribution in [0.2, 0.25) is 5.02 Å². The summed E-state index contributed by atoms with van der Waals surface area (Å²) in [7, 11) is 0. The van der Waals surface area contributed by atoms with Crippen molar-refractivity contribution in [3.63, 3.8) is 0 Å². The molecule has 3 aromatic rings. The molecule has 2 aliphatic heterocycles. The van der Waals surface area contributed by atoms with Gasteiger partial charge >= 0.3 is 0 Å². The Morgan fingerprint density at radius 2 is 2.23 bits per heavy atom. The van der Waals surface area contributed by atoms with Gasteiger partial charge < -0.3 is 15.1 Å². The molecule has 112 valence electrons. The van der Waals surface area contributed by atoms with Crippen LogP contribution in [-0.4, -0.2) is 40.7 Å². The summed E-state index contributed by atoms with van der Waals surface area (Å²) in [5.41, 5.74) is 8.13. The van der Waals surface area contributed by atoms with E-state index in [-0.39, 0.29) is 5.95 Å². The van der Waals surface area contributed by atoms with Crippen LogP contribution >= 0.6 is 11.6 Å². The zero-order valence-corrected chi connectivity index (χ0v) is 12.5. The van der Waals surface area contributed by atoms with E-state index in [1.54, 1.807) is 0 Å². The maximum absolute atomic E-state index is 6.10. The van der Waals surface area contributed by atoms with E-state index in [9.17, 15) is 0 Å². The summed E-state index contributed by atoms with van der Waals surface area (Å²) in [6.07, 6.45) is 1.15. The van der Waals surface area contributed by atoms with Crippen molar-refractivity contribution in [2.75, 3.05) is 30.4 Å². The molecular formula is C15H14ClN5O. The Hall–Kier alpha value is -2.05. The van der Waals surface area contributed by atoms with Crippen molar-refractivity contribution in [1.82, 2.24) is 14.9 Å². The minimum absolute atomic E-state index is 0.267. The van der Waals surface area contributed by atoms with Crippen LogP contribution in [0.15, 0.2) is 22.6 Å². The lowest BCUT2D eigenvalue weighted by Crippen LogP contribution is -2.36. The van der Waals surface area contributed by atoms with Gasteiger partial charge in [-0.1, -0.05) is 11.6 Å². The molecule has 0 spiro atoms. The monoisotopic (exact) mass is 315 g/mol. The standard InChI is InChI=1S/C15H14ClN5O/c16-8-1-2-11-10(5-8)12-13(22-11)14(19-15(17)18-12)21-7-20-4-3-9(21)6-20/h1-2,5,9H,3-4,6-7H2,(H2,17,18,19)/t9-/m1/s1. The summed E-state index contributed by atoms with van der Waals surface area (Å²) in [4.78, 5) is 13.5. The van der Waals surface area contributed by atoms with Crippen LogP contribution in [0.25, 0.3) is 22.1 Å². The fourth-order valence-electron chi connectivity index (χ4n) is 3.58. The van der Waals surface area contributed by atoms with Gasteiger partial charge in [0.05, 0.1) is 6.67 Å². The second-order valence-corrected chi connectivity index (χ2v) is 6.39. The molecule has 5 rings (SSSR count).